The number of piperidine rings is 1. The van der Waals surface area contributed by atoms with E-state index < -0.39 is 0 Å². The van der Waals surface area contributed by atoms with Crippen LogP contribution < -0.4 is 5.32 Å². The van der Waals surface area contributed by atoms with Gasteiger partial charge in [-0.15, -0.1) is 0 Å². The van der Waals surface area contributed by atoms with E-state index in [1.54, 1.807) is 0 Å². The quantitative estimate of drug-likeness (QED) is 0.908. The van der Waals surface area contributed by atoms with E-state index in [9.17, 15) is 4.79 Å². The van der Waals surface area contributed by atoms with Crippen LogP contribution in [0.1, 0.15) is 56.4 Å². The summed E-state index contributed by atoms with van der Waals surface area (Å²) >= 11 is 0. The predicted molar refractivity (Wildman–Crippen MR) is 92.3 cm³/mol. The van der Waals surface area contributed by atoms with Crippen LogP contribution in [0.15, 0.2) is 30.3 Å². The molecule has 23 heavy (non-hydrogen) atoms. The monoisotopic (exact) mass is 312 g/mol. The van der Waals surface area contributed by atoms with Crippen molar-refractivity contribution in [2.45, 2.75) is 62.9 Å². The van der Waals surface area contributed by atoms with E-state index in [4.69, 9.17) is 0 Å². The molecule has 3 atom stereocenters. The minimum atomic E-state index is 0.312. The molecule has 0 unspecified atom stereocenters. The van der Waals surface area contributed by atoms with Gasteiger partial charge in [-0.1, -0.05) is 43.2 Å². The molecule has 1 aliphatic carbocycles. The smallest absolute Gasteiger partial charge is 0.226 e. The molecule has 1 N–H and O–H groups in total. The first-order valence-corrected chi connectivity index (χ1v) is 9.43. The van der Waals surface area contributed by atoms with Crippen molar-refractivity contribution < 1.29 is 4.79 Å². The van der Waals surface area contributed by atoms with Gasteiger partial charge in [0.2, 0.25) is 5.91 Å². The van der Waals surface area contributed by atoms with Gasteiger partial charge in [0.25, 0.3) is 0 Å². The molecule has 0 spiro atoms. The van der Waals surface area contributed by atoms with E-state index in [1.165, 1.54) is 24.8 Å². The predicted octanol–water partition coefficient (Wildman–Crippen LogP) is 3.31. The van der Waals surface area contributed by atoms with Gasteiger partial charge in [-0.2, -0.15) is 0 Å². The summed E-state index contributed by atoms with van der Waals surface area (Å²) in [5.41, 5.74) is 1.41. The van der Waals surface area contributed by atoms with Crippen molar-refractivity contribution >= 4 is 5.91 Å². The number of hydrogen-bond donors (Lipinski definition) is 1. The highest BCUT2D eigenvalue weighted by molar-refractivity contribution is 5.80. The Morgan fingerprint density at radius 3 is 2.57 bits per heavy atom. The van der Waals surface area contributed by atoms with Crippen molar-refractivity contribution in [3.8, 4) is 0 Å². The molecule has 1 aromatic carbocycles. The summed E-state index contributed by atoms with van der Waals surface area (Å²) in [6.07, 6.45) is 8.20. The van der Waals surface area contributed by atoms with Gasteiger partial charge < -0.3 is 10.2 Å². The summed E-state index contributed by atoms with van der Waals surface area (Å²) in [5.74, 6) is 1.24. The number of nitrogens with one attached hydrogen (secondary N) is 1. The van der Waals surface area contributed by atoms with Gasteiger partial charge >= 0.3 is 0 Å². The lowest BCUT2D eigenvalue weighted by molar-refractivity contribution is -0.142. The van der Waals surface area contributed by atoms with E-state index in [0.717, 1.165) is 38.8 Å². The summed E-state index contributed by atoms with van der Waals surface area (Å²) < 4.78 is 0. The Labute approximate surface area is 139 Å². The van der Waals surface area contributed by atoms with Gasteiger partial charge in [-0.3, -0.25) is 4.79 Å². The number of fused-ring (bicyclic) bond motifs is 1. The molecular formula is C20H28N2O. The Kier molecular flexibility index (Phi) is 4.39. The lowest BCUT2D eigenvalue weighted by Crippen LogP contribution is -2.59. The Morgan fingerprint density at radius 1 is 1.00 bits per heavy atom. The van der Waals surface area contributed by atoms with E-state index in [-0.39, 0.29) is 0 Å². The van der Waals surface area contributed by atoms with Crippen LogP contribution in [0.4, 0.5) is 0 Å². The molecule has 2 saturated heterocycles. The zero-order chi connectivity index (χ0) is 15.6. The molecule has 1 amide bonds. The van der Waals surface area contributed by atoms with Crippen LogP contribution in [0, 0.1) is 5.92 Å². The molecule has 2 aliphatic heterocycles. The van der Waals surface area contributed by atoms with Crippen molar-refractivity contribution in [2.75, 3.05) is 13.1 Å². The molecule has 4 rings (SSSR count). The minimum absolute atomic E-state index is 0.312. The molecule has 1 aromatic rings. The molecule has 3 heteroatoms. The summed E-state index contributed by atoms with van der Waals surface area (Å²) in [6, 6.07) is 11.7. The maximum Gasteiger partial charge on any atom is 0.226 e. The summed E-state index contributed by atoms with van der Waals surface area (Å²) in [4.78, 5) is 15.3. The molecular weight excluding hydrogens is 284 g/mol. The second-order valence-electron chi connectivity index (χ2n) is 7.51. The van der Waals surface area contributed by atoms with Crippen LogP contribution in [0.2, 0.25) is 0 Å². The van der Waals surface area contributed by atoms with Crippen LogP contribution >= 0.6 is 0 Å². The molecule has 2 heterocycles. The first-order chi connectivity index (χ1) is 11.3. The molecule has 3 nitrogen and oxygen atoms in total. The third-order valence-corrected chi connectivity index (χ3v) is 6.18. The summed E-state index contributed by atoms with van der Waals surface area (Å²) in [5, 5.41) is 3.73. The van der Waals surface area contributed by atoms with Gasteiger partial charge in [0.15, 0.2) is 0 Å². The number of likely N-dealkylation sites (tertiary alicyclic amines) is 1. The van der Waals surface area contributed by atoms with Gasteiger partial charge in [-0.05, 0) is 44.2 Å². The van der Waals surface area contributed by atoms with Crippen molar-refractivity contribution in [1.29, 1.82) is 0 Å². The minimum Gasteiger partial charge on any atom is -0.337 e. The van der Waals surface area contributed by atoms with Crippen LogP contribution in [0.25, 0.3) is 0 Å². The number of nitrogens with zero attached hydrogens (tertiary/aromatic N) is 1. The molecule has 124 valence electrons. The number of rotatable bonds is 2. The molecule has 0 aromatic heterocycles. The van der Waals surface area contributed by atoms with Crippen molar-refractivity contribution in [1.82, 2.24) is 10.2 Å². The first kappa shape index (κ1) is 15.2. The van der Waals surface area contributed by atoms with Crippen molar-refractivity contribution in [3.05, 3.63) is 35.9 Å². The Morgan fingerprint density at radius 2 is 1.83 bits per heavy atom. The Balaban J connectivity index is 1.65. The lowest BCUT2D eigenvalue weighted by Gasteiger charge is -2.46. The highest BCUT2D eigenvalue weighted by Gasteiger charge is 2.43. The number of carbonyl (C=O) groups is 1. The van der Waals surface area contributed by atoms with Gasteiger partial charge in [0, 0.05) is 24.4 Å². The van der Waals surface area contributed by atoms with Gasteiger partial charge in [0.05, 0.1) is 6.04 Å². The number of hydrogen-bond acceptors (Lipinski definition) is 2. The van der Waals surface area contributed by atoms with E-state index >= 15 is 0 Å². The van der Waals surface area contributed by atoms with Crippen molar-refractivity contribution in [2.24, 2.45) is 5.92 Å². The van der Waals surface area contributed by atoms with E-state index in [2.05, 4.69) is 40.5 Å². The highest BCUT2D eigenvalue weighted by atomic mass is 16.2. The van der Waals surface area contributed by atoms with Crippen molar-refractivity contribution in [3.63, 3.8) is 0 Å². The second-order valence-corrected chi connectivity index (χ2v) is 7.51. The standard InChI is InChI=1S/C20H28N2O/c23-20(16-9-6-10-16)22-14-5-4-11-18-19(22)17(12-13-21-18)15-7-2-1-3-8-15/h1-3,7-8,16-19,21H,4-6,9-14H2/t17-,18-,19-/m1/s1. The average Bonchev–Trinajstić information content (AvgIpc) is 2.76. The number of amides is 1. The number of benzene rings is 1. The van der Waals surface area contributed by atoms with Crippen LogP contribution in [0.3, 0.4) is 0 Å². The van der Waals surface area contributed by atoms with E-state index in [1.807, 2.05) is 0 Å². The maximum absolute atomic E-state index is 13.1. The van der Waals surface area contributed by atoms with Gasteiger partial charge in [-0.25, -0.2) is 0 Å². The molecule has 3 fully saturated rings. The molecule has 0 radical (unpaired) electrons. The molecule has 1 saturated carbocycles. The fourth-order valence-corrected chi connectivity index (χ4v) is 4.71. The maximum atomic E-state index is 13.1. The molecule has 0 bridgehead atoms. The Hall–Kier alpha value is -1.35. The largest absolute Gasteiger partial charge is 0.337 e. The number of carbonyl (C=O) groups excluding carboxylic acids is 1. The SMILES string of the molecule is O=C(C1CCC1)N1CCCC[C@H]2NCC[C@H](c3ccccc3)[C@H]21. The normalized spacial score (nSPS) is 31.8. The van der Waals surface area contributed by atoms with Crippen LogP contribution in [-0.2, 0) is 4.79 Å². The fraction of sp³-hybridized carbons (Fsp3) is 0.650. The first-order valence-electron chi connectivity index (χ1n) is 9.43. The summed E-state index contributed by atoms with van der Waals surface area (Å²) in [6.45, 7) is 2.04. The van der Waals surface area contributed by atoms with Crippen LogP contribution in [-0.4, -0.2) is 36.0 Å². The van der Waals surface area contributed by atoms with Crippen LogP contribution in [0.5, 0.6) is 0 Å². The topological polar surface area (TPSA) is 32.3 Å². The molecule has 3 aliphatic rings. The highest BCUT2D eigenvalue weighted by Crippen LogP contribution is 2.38. The average molecular weight is 312 g/mol. The lowest BCUT2D eigenvalue weighted by atomic mass is 9.78. The third-order valence-electron chi connectivity index (χ3n) is 6.18. The zero-order valence-electron chi connectivity index (χ0n) is 13.9. The van der Waals surface area contributed by atoms with Gasteiger partial charge in [0.1, 0.15) is 0 Å². The zero-order valence-corrected chi connectivity index (χ0v) is 13.9. The summed E-state index contributed by atoms with van der Waals surface area (Å²) in [7, 11) is 0. The second kappa shape index (κ2) is 6.64. The van der Waals surface area contributed by atoms with E-state index in [0.29, 0.717) is 29.8 Å². The Bertz CT molecular complexity index is 540. The third kappa shape index (κ3) is 2.91. The fourth-order valence-electron chi connectivity index (χ4n) is 4.71.